The van der Waals surface area contributed by atoms with Gasteiger partial charge in [0, 0.05) is 13.1 Å². The van der Waals surface area contributed by atoms with Gasteiger partial charge in [0.15, 0.2) is 0 Å². The molecule has 2 fully saturated rings. The number of nitrogens with two attached hydrogens (primary N) is 1. The third kappa shape index (κ3) is 1.61. The first-order valence-corrected chi connectivity index (χ1v) is 5.33. The van der Waals surface area contributed by atoms with Crippen LogP contribution in [0.1, 0.15) is 19.3 Å². The summed E-state index contributed by atoms with van der Waals surface area (Å²) in [5, 5.41) is 8.99. The van der Waals surface area contributed by atoms with E-state index < -0.39 is 11.4 Å². The summed E-state index contributed by atoms with van der Waals surface area (Å²) in [6, 6.07) is 0. The predicted molar refractivity (Wildman–Crippen MR) is 53.0 cm³/mol. The molecule has 0 spiro atoms. The number of amides is 1. The lowest BCUT2D eigenvalue weighted by Gasteiger charge is -2.20. The minimum Gasteiger partial charge on any atom is -0.480 e. The van der Waals surface area contributed by atoms with Gasteiger partial charge in [-0.3, -0.25) is 9.59 Å². The second-order valence-electron chi connectivity index (χ2n) is 4.53. The molecule has 5 nitrogen and oxygen atoms in total. The quantitative estimate of drug-likeness (QED) is 0.627. The number of carbonyl (C=O) groups is 2. The van der Waals surface area contributed by atoms with E-state index >= 15 is 0 Å². The first-order valence-electron chi connectivity index (χ1n) is 5.33. The summed E-state index contributed by atoms with van der Waals surface area (Å²) in [5.41, 5.74) is 4.45. The molecule has 15 heavy (non-hydrogen) atoms. The first-order chi connectivity index (χ1) is 7.10. The predicted octanol–water partition coefficient (Wildman–Crippen LogP) is -0.342. The molecule has 1 atom stereocenters. The molecular weight excluding hydrogens is 196 g/mol. The fourth-order valence-corrected chi connectivity index (χ4v) is 2.16. The number of hydrogen-bond acceptors (Lipinski definition) is 3. The van der Waals surface area contributed by atoms with E-state index in [2.05, 4.69) is 0 Å². The molecule has 0 radical (unpaired) electrons. The third-order valence-corrected chi connectivity index (χ3v) is 3.48. The van der Waals surface area contributed by atoms with Gasteiger partial charge >= 0.3 is 5.97 Å². The molecule has 1 amide bonds. The number of likely N-dealkylation sites (tertiary alicyclic amines) is 1. The van der Waals surface area contributed by atoms with Gasteiger partial charge in [0.25, 0.3) is 0 Å². The number of hydrogen-bond donors (Lipinski definition) is 2. The van der Waals surface area contributed by atoms with Crippen molar-refractivity contribution in [3.8, 4) is 0 Å². The summed E-state index contributed by atoms with van der Waals surface area (Å²) in [6.07, 6.45) is 1.88. The standard InChI is InChI=1S/C10H16N2O3/c11-5-7-1-4-12(6-7)8(13)10(2-3-10)9(14)15/h7H,1-6,11H2,(H,14,15). The highest BCUT2D eigenvalue weighted by atomic mass is 16.4. The molecule has 2 rings (SSSR count). The van der Waals surface area contributed by atoms with Crippen molar-refractivity contribution in [2.45, 2.75) is 19.3 Å². The van der Waals surface area contributed by atoms with Crippen LogP contribution in [0.4, 0.5) is 0 Å². The molecule has 1 unspecified atom stereocenters. The van der Waals surface area contributed by atoms with Crippen LogP contribution in [0.25, 0.3) is 0 Å². The molecule has 0 aromatic carbocycles. The lowest BCUT2D eigenvalue weighted by Crippen LogP contribution is -2.39. The van der Waals surface area contributed by atoms with Crippen LogP contribution < -0.4 is 5.73 Å². The maximum absolute atomic E-state index is 11.9. The van der Waals surface area contributed by atoms with Crippen molar-refractivity contribution in [1.82, 2.24) is 4.90 Å². The highest BCUT2D eigenvalue weighted by molar-refractivity contribution is 6.04. The Morgan fingerprint density at radius 2 is 2.13 bits per heavy atom. The average molecular weight is 212 g/mol. The van der Waals surface area contributed by atoms with Crippen molar-refractivity contribution in [2.75, 3.05) is 19.6 Å². The Morgan fingerprint density at radius 3 is 2.53 bits per heavy atom. The van der Waals surface area contributed by atoms with Gasteiger partial charge in [0.1, 0.15) is 5.41 Å². The van der Waals surface area contributed by atoms with E-state index in [4.69, 9.17) is 10.8 Å². The summed E-state index contributed by atoms with van der Waals surface area (Å²) < 4.78 is 0. The summed E-state index contributed by atoms with van der Waals surface area (Å²) >= 11 is 0. The summed E-state index contributed by atoms with van der Waals surface area (Å²) in [5.74, 6) is -0.826. The van der Waals surface area contributed by atoms with E-state index in [0.717, 1.165) is 6.42 Å². The van der Waals surface area contributed by atoms with E-state index in [1.165, 1.54) is 0 Å². The number of carboxylic acids is 1. The number of rotatable bonds is 3. The average Bonchev–Trinajstić information content (AvgIpc) is 2.89. The summed E-state index contributed by atoms with van der Waals surface area (Å²) in [4.78, 5) is 24.6. The van der Waals surface area contributed by atoms with Gasteiger partial charge in [-0.05, 0) is 31.7 Å². The minimum absolute atomic E-state index is 0.203. The smallest absolute Gasteiger partial charge is 0.319 e. The first kappa shape index (κ1) is 10.4. The fraction of sp³-hybridized carbons (Fsp3) is 0.800. The second-order valence-corrected chi connectivity index (χ2v) is 4.53. The Bertz CT molecular complexity index is 299. The minimum atomic E-state index is -1.08. The molecule has 0 aromatic heterocycles. The van der Waals surface area contributed by atoms with Gasteiger partial charge in [0.05, 0.1) is 0 Å². The number of aliphatic carboxylic acids is 1. The Morgan fingerprint density at radius 1 is 1.47 bits per heavy atom. The highest BCUT2D eigenvalue weighted by Crippen LogP contribution is 2.48. The molecule has 1 saturated carbocycles. The SMILES string of the molecule is NCC1CCN(C(=O)C2(C(=O)O)CC2)C1. The maximum atomic E-state index is 11.9. The molecule has 3 N–H and O–H groups in total. The molecule has 0 bridgehead atoms. The van der Waals surface area contributed by atoms with Crippen molar-refractivity contribution in [3.63, 3.8) is 0 Å². The molecule has 84 valence electrons. The van der Waals surface area contributed by atoms with Crippen molar-refractivity contribution < 1.29 is 14.7 Å². The molecule has 1 saturated heterocycles. The van der Waals surface area contributed by atoms with E-state index in [0.29, 0.717) is 38.4 Å². The van der Waals surface area contributed by atoms with Gasteiger partial charge in [0.2, 0.25) is 5.91 Å². The van der Waals surface area contributed by atoms with Gasteiger partial charge in [-0.2, -0.15) is 0 Å². The zero-order valence-electron chi connectivity index (χ0n) is 8.61. The molecule has 1 aliphatic carbocycles. The van der Waals surface area contributed by atoms with E-state index in [-0.39, 0.29) is 5.91 Å². The Hall–Kier alpha value is -1.10. The van der Waals surface area contributed by atoms with Crippen LogP contribution in [-0.2, 0) is 9.59 Å². The molecule has 0 aromatic rings. The Kier molecular flexibility index (Phi) is 2.42. The van der Waals surface area contributed by atoms with Crippen LogP contribution in [0.2, 0.25) is 0 Å². The lowest BCUT2D eigenvalue weighted by atomic mass is 10.1. The van der Waals surface area contributed by atoms with Crippen molar-refractivity contribution in [1.29, 1.82) is 0 Å². The zero-order valence-corrected chi connectivity index (χ0v) is 8.61. The van der Waals surface area contributed by atoms with Crippen molar-refractivity contribution >= 4 is 11.9 Å². The van der Waals surface area contributed by atoms with Gasteiger partial charge in [-0.15, -0.1) is 0 Å². The summed E-state index contributed by atoms with van der Waals surface area (Å²) in [7, 11) is 0. The van der Waals surface area contributed by atoms with Crippen LogP contribution in [-0.4, -0.2) is 41.5 Å². The molecule has 5 heteroatoms. The molecule has 1 heterocycles. The summed E-state index contributed by atoms with van der Waals surface area (Å²) in [6.45, 7) is 1.87. The van der Waals surface area contributed by atoms with Crippen LogP contribution in [0.3, 0.4) is 0 Å². The molecule has 1 aliphatic heterocycles. The van der Waals surface area contributed by atoms with Crippen molar-refractivity contribution in [3.05, 3.63) is 0 Å². The molecule has 2 aliphatic rings. The monoisotopic (exact) mass is 212 g/mol. The van der Waals surface area contributed by atoms with Gasteiger partial charge < -0.3 is 15.7 Å². The van der Waals surface area contributed by atoms with E-state index in [9.17, 15) is 9.59 Å². The van der Waals surface area contributed by atoms with E-state index in [1.807, 2.05) is 0 Å². The maximum Gasteiger partial charge on any atom is 0.319 e. The van der Waals surface area contributed by atoms with E-state index in [1.54, 1.807) is 4.90 Å². The third-order valence-electron chi connectivity index (χ3n) is 3.48. The number of carboxylic acid groups (broad SMARTS) is 1. The highest BCUT2D eigenvalue weighted by Gasteiger charge is 2.59. The zero-order chi connectivity index (χ0) is 11.1. The van der Waals surface area contributed by atoms with Crippen LogP contribution in [0, 0.1) is 11.3 Å². The number of carbonyl (C=O) groups excluding carboxylic acids is 1. The number of nitrogens with zero attached hydrogens (tertiary/aromatic N) is 1. The second kappa shape index (κ2) is 3.48. The van der Waals surface area contributed by atoms with Gasteiger partial charge in [-0.1, -0.05) is 0 Å². The topological polar surface area (TPSA) is 83.6 Å². The van der Waals surface area contributed by atoms with Crippen LogP contribution in [0.15, 0.2) is 0 Å². The van der Waals surface area contributed by atoms with Gasteiger partial charge in [-0.25, -0.2) is 0 Å². The molecular formula is C10H16N2O3. The van der Waals surface area contributed by atoms with Crippen LogP contribution in [0.5, 0.6) is 0 Å². The Balaban J connectivity index is 2.01. The van der Waals surface area contributed by atoms with Crippen molar-refractivity contribution in [2.24, 2.45) is 17.1 Å². The van der Waals surface area contributed by atoms with Crippen LogP contribution >= 0.6 is 0 Å². The lowest BCUT2D eigenvalue weighted by molar-refractivity contribution is -0.153. The normalized spacial score (nSPS) is 27.8. The largest absolute Gasteiger partial charge is 0.480 e. The Labute approximate surface area is 88.2 Å². The fourth-order valence-electron chi connectivity index (χ4n) is 2.16.